The van der Waals surface area contributed by atoms with Crippen molar-refractivity contribution < 1.29 is 0 Å². The monoisotopic (exact) mass is 700 g/mol. The Kier molecular flexibility index (Phi) is 10.5. The molecule has 29 heavy (non-hydrogen) atoms. The predicted molar refractivity (Wildman–Crippen MR) is 137 cm³/mol. The first-order valence-corrected chi connectivity index (χ1v) is 12.7. The Hall–Kier alpha value is 3.57. The highest BCUT2D eigenvalue weighted by Gasteiger charge is 2.55. The van der Waals surface area contributed by atoms with Gasteiger partial charge in [-0.25, -0.2) is 0 Å². The van der Waals surface area contributed by atoms with Gasteiger partial charge in [-0.3, -0.25) is 0 Å². The van der Waals surface area contributed by atoms with Gasteiger partial charge >= 0.3 is 0 Å². The quantitative estimate of drug-likeness (QED) is 0.274. The number of benzene rings is 1. The minimum Gasteiger partial charge on any atom is -0.0915 e. The lowest BCUT2D eigenvalue weighted by molar-refractivity contribution is 0.789. The summed E-state index contributed by atoms with van der Waals surface area (Å²) in [6.45, 7) is 1.70. The first kappa shape index (κ1) is 30.6. The molecule has 0 bridgehead atoms. The summed E-state index contributed by atoms with van der Waals surface area (Å²) in [5.41, 5.74) is 0.212. The molecule has 0 amide bonds. The lowest BCUT2D eigenvalue weighted by atomic mass is 9.90. The molecule has 0 spiro atoms. The highest BCUT2D eigenvalue weighted by Crippen LogP contribution is 2.60. The molecule has 1 aromatic carbocycles. The number of hydrogen-bond donors (Lipinski definition) is 0. The van der Waals surface area contributed by atoms with E-state index < -0.39 is 24.4 Å². The Morgan fingerprint density at radius 1 is 0.517 bits per heavy atom. The van der Waals surface area contributed by atoms with Crippen molar-refractivity contribution in [1.29, 1.82) is 0 Å². The van der Waals surface area contributed by atoms with Crippen LogP contribution in [-0.2, 0) is 19.4 Å². The Morgan fingerprint density at radius 3 is 1.00 bits per heavy atom. The number of alkyl halides is 15. The third kappa shape index (κ3) is 6.23. The van der Waals surface area contributed by atoms with Crippen molar-refractivity contribution in [1.82, 2.24) is 0 Å². The van der Waals surface area contributed by atoms with Gasteiger partial charge in [-0.05, 0) is 40.8 Å². The maximum Gasteiger partial charge on any atom is 0.227 e. The topological polar surface area (TPSA) is 0 Å². The molecule has 0 N–H and O–H groups in total. The van der Waals surface area contributed by atoms with Gasteiger partial charge in [0.05, 0.1) is 0 Å². The summed E-state index contributed by atoms with van der Waals surface area (Å²) in [5.74, 6) is 0. The third-order valence-electron chi connectivity index (χ3n) is 3.71. The molecule has 1 aromatic rings. The molecule has 0 saturated carbocycles. The maximum absolute atomic E-state index is 6.39. The summed E-state index contributed by atoms with van der Waals surface area (Å²) < 4.78 is -13.2. The van der Waals surface area contributed by atoms with Gasteiger partial charge in [-0.2, -0.15) is 0 Å². The zero-order valence-electron chi connectivity index (χ0n) is 13.5. The standard InChI is InChI=1S/C14H7Cl15/c1-2-6-7(10(17,18)13(24,25)26)3-5(9(15,16)12(21,22)23)4-8(6)11(19,20)14(27,28)29/h3-4H,2H2,1H3. The largest absolute Gasteiger partial charge is 0.227 e. The van der Waals surface area contributed by atoms with Crippen LogP contribution in [0.25, 0.3) is 0 Å². The Bertz CT molecular complexity index is 701. The van der Waals surface area contributed by atoms with Crippen LogP contribution in [0, 0.1) is 0 Å². The van der Waals surface area contributed by atoms with Gasteiger partial charge in [0.25, 0.3) is 0 Å². The van der Waals surface area contributed by atoms with Crippen molar-refractivity contribution in [2.24, 2.45) is 0 Å². The first-order valence-electron chi connectivity index (χ1n) is 7.05. The number of rotatable bonds is 4. The predicted octanol–water partition coefficient (Wildman–Crippen LogP) is 11.3. The third-order valence-corrected chi connectivity index (χ3v) is 11.0. The molecule has 0 unspecified atom stereocenters. The Morgan fingerprint density at radius 2 is 0.793 bits per heavy atom. The van der Waals surface area contributed by atoms with E-state index in [0.29, 0.717) is 0 Å². The van der Waals surface area contributed by atoms with Crippen LogP contribution in [0.1, 0.15) is 29.2 Å². The van der Waals surface area contributed by atoms with Gasteiger partial charge in [0, 0.05) is 0 Å². The second-order valence-corrected chi connectivity index (χ2v) is 16.4. The van der Waals surface area contributed by atoms with E-state index in [-0.39, 0.29) is 28.7 Å². The molecular weight excluding hydrogens is 700 g/mol. The molecule has 0 nitrogen and oxygen atoms in total. The van der Waals surface area contributed by atoms with Crippen LogP contribution in [-0.4, -0.2) is 11.4 Å². The summed E-state index contributed by atoms with van der Waals surface area (Å²) in [5, 5.41) is 0. The number of halogens is 15. The molecule has 0 fully saturated rings. The summed E-state index contributed by atoms with van der Waals surface area (Å²) in [7, 11) is 0. The van der Waals surface area contributed by atoms with E-state index in [1.54, 1.807) is 6.92 Å². The van der Waals surface area contributed by atoms with E-state index in [1.807, 2.05) is 0 Å². The molecule has 0 aromatic heterocycles. The lowest BCUT2D eigenvalue weighted by Crippen LogP contribution is -2.36. The fraction of sp³-hybridized carbons (Fsp3) is 0.571. The smallest absolute Gasteiger partial charge is 0.0915 e. The molecule has 168 valence electrons. The van der Waals surface area contributed by atoms with E-state index >= 15 is 0 Å². The normalized spacial score (nSPS) is 15.0. The summed E-state index contributed by atoms with van der Waals surface area (Å²) in [6, 6.07) is 2.57. The van der Waals surface area contributed by atoms with Gasteiger partial charge in [0.1, 0.15) is 0 Å². The Balaban J connectivity index is 4.16. The van der Waals surface area contributed by atoms with Crippen molar-refractivity contribution in [3.63, 3.8) is 0 Å². The summed E-state index contributed by atoms with van der Waals surface area (Å²) >= 11 is 91.8. The maximum atomic E-state index is 6.39. The zero-order valence-corrected chi connectivity index (χ0v) is 24.9. The van der Waals surface area contributed by atoms with Crippen molar-refractivity contribution in [3.05, 3.63) is 34.4 Å². The van der Waals surface area contributed by atoms with Crippen molar-refractivity contribution in [3.8, 4) is 0 Å². The summed E-state index contributed by atoms with van der Waals surface area (Å²) in [4.78, 5) is 0. The van der Waals surface area contributed by atoms with Crippen LogP contribution in [0.5, 0.6) is 0 Å². The second-order valence-electron chi connectivity index (χ2n) is 5.62. The lowest BCUT2D eigenvalue weighted by Gasteiger charge is -2.37. The van der Waals surface area contributed by atoms with E-state index in [2.05, 4.69) is 0 Å². The second kappa shape index (κ2) is 9.91. The highest BCUT2D eigenvalue weighted by atomic mass is 35.6. The van der Waals surface area contributed by atoms with Gasteiger partial charge < -0.3 is 0 Å². The summed E-state index contributed by atoms with van der Waals surface area (Å²) in [6.07, 6.45) is 0.208. The van der Waals surface area contributed by atoms with Crippen LogP contribution in [0.4, 0.5) is 0 Å². The fourth-order valence-electron chi connectivity index (χ4n) is 2.26. The van der Waals surface area contributed by atoms with Crippen molar-refractivity contribution in [2.75, 3.05) is 0 Å². The van der Waals surface area contributed by atoms with E-state index in [4.69, 9.17) is 174 Å². The Labute approximate surface area is 243 Å². The molecular formula is C14H7Cl15. The van der Waals surface area contributed by atoms with Crippen LogP contribution >= 0.6 is 174 Å². The van der Waals surface area contributed by atoms with E-state index in [1.165, 1.54) is 12.1 Å². The van der Waals surface area contributed by atoms with Crippen LogP contribution in [0.15, 0.2) is 12.1 Å². The van der Waals surface area contributed by atoms with Crippen LogP contribution < -0.4 is 0 Å². The molecule has 0 radical (unpaired) electrons. The minimum absolute atomic E-state index is 0.00400. The highest BCUT2D eigenvalue weighted by molar-refractivity contribution is 6.77. The molecule has 15 heteroatoms. The molecule has 0 saturated heterocycles. The molecule has 0 aliphatic heterocycles. The van der Waals surface area contributed by atoms with E-state index in [0.717, 1.165) is 0 Å². The van der Waals surface area contributed by atoms with Gasteiger partial charge in [0.2, 0.25) is 11.4 Å². The minimum atomic E-state index is -2.24. The molecule has 0 aliphatic carbocycles. The van der Waals surface area contributed by atoms with Crippen LogP contribution in [0.2, 0.25) is 0 Å². The average Bonchev–Trinajstić information content (AvgIpc) is 2.49. The average molecular weight is 707 g/mol. The van der Waals surface area contributed by atoms with Gasteiger partial charge in [0.15, 0.2) is 13.0 Å². The molecule has 0 atom stereocenters. The fourth-order valence-corrected chi connectivity index (χ4v) is 4.09. The zero-order chi connectivity index (χ0) is 23.4. The van der Waals surface area contributed by atoms with Crippen molar-refractivity contribution in [2.45, 2.75) is 37.7 Å². The molecule has 1 rings (SSSR count). The number of hydrogen-bond acceptors (Lipinski definition) is 0. The van der Waals surface area contributed by atoms with Gasteiger partial charge in [-0.15, -0.1) is 0 Å². The SMILES string of the molecule is CCc1c(C(Cl)(Cl)C(Cl)(Cl)Cl)cc(C(Cl)(Cl)C(Cl)(Cl)Cl)cc1C(Cl)(Cl)C(Cl)(Cl)Cl. The van der Waals surface area contributed by atoms with Crippen LogP contribution in [0.3, 0.4) is 0 Å². The van der Waals surface area contributed by atoms with E-state index in [9.17, 15) is 0 Å². The molecule has 0 heterocycles. The molecule has 0 aliphatic rings. The first-order chi connectivity index (χ1) is 12.5. The van der Waals surface area contributed by atoms with Crippen molar-refractivity contribution >= 4 is 174 Å². The van der Waals surface area contributed by atoms with Gasteiger partial charge in [-0.1, -0.05) is 181 Å².